The molecule has 0 rings (SSSR count). The molecule has 0 aromatic heterocycles. The SMILES string of the molecule is CC(=C\C(=O)O)/C=C(\C)C[C@H](C)/C=C/CC[C@H](O)[C@H](CO)C(=O)O. The van der Waals surface area contributed by atoms with Gasteiger partial charge < -0.3 is 20.4 Å². The van der Waals surface area contributed by atoms with Crippen LogP contribution >= 0.6 is 0 Å². The van der Waals surface area contributed by atoms with Gasteiger partial charge >= 0.3 is 11.9 Å². The Balaban J connectivity index is 4.35. The lowest BCUT2D eigenvalue weighted by molar-refractivity contribution is -0.147. The number of carboxylic acids is 2. The van der Waals surface area contributed by atoms with Gasteiger partial charge in [-0.3, -0.25) is 4.79 Å². The summed E-state index contributed by atoms with van der Waals surface area (Å²) in [6.07, 6.45) is 7.36. The van der Waals surface area contributed by atoms with Gasteiger partial charge in [0, 0.05) is 6.08 Å². The largest absolute Gasteiger partial charge is 0.481 e. The van der Waals surface area contributed by atoms with E-state index in [0.29, 0.717) is 12.0 Å². The Morgan fingerprint density at radius 1 is 1.12 bits per heavy atom. The predicted octanol–water partition coefficient (Wildman–Crippen LogP) is 2.38. The summed E-state index contributed by atoms with van der Waals surface area (Å²) in [5, 5.41) is 36.2. The van der Waals surface area contributed by atoms with Crippen LogP contribution in [0.1, 0.15) is 40.0 Å². The Morgan fingerprint density at radius 2 is 1.75 bits per heavy atom. The predicted molar refractivity (Wildman–Crippen MR) is 91.5 cm³/mol. The molecule has 0 fully saturated rings. The molecule has 0 unspecified atom stereocenters. The van der Waals surface area contributed by atoms with Gasteiger partial charge in [-0.1, -0.05) is 30.7 Å². The quantitative estimate of drug-likeness (QED) is 0.261. The fourth-order valence-corrected chi connectivity index (χ4v) is 2.42. The van der Waals surface area contributed by atoms with Crippen molar-refractivity contribution in [2.24, 2.45) is 11.8 Å². The number of hydrogen-bond acceptors (Lipinski definition) is 4. The maximum Gasteiger partial charge on any atom is 0.328 e. The van der Waals surface area contributed by atoms with Crippen molar-refractivity contribution in [1.29, 1.82) is 0 Å². The number of carbonyl (C=O) groups is 2. The van der Waals surface area contributed by atoms with Crippen LogP contribution in [-0.4, -0.2) is 45.1 Å². The van der Waals surface area contributed by atoms with E-state index < -0.39 is 30.6 Å². The lowest BCUT2D eigenvalue weighted by Gasteiger charge is -2.15. The van der Waals surface area contributed by atoms with E-state index in [4.69, 9.17) is 15.3 Å². The van der Waals surface area contributed by atoms with E-state index in [1.807, 2.05) is 32.1 Å². The molecule has 0 amide bonds. The third-order valence-electron chi connectivity index (χ3n) is 3.54. The Morgan fingerprint density at radius 3 is 2.25 bits per heavy atom. The van der Waals surface area contributed by atoms with Crippen LogP contribution in [0.5, 0.6) is 0 Å². The van der Waals surface area contributed by atoms with Crippen LogP contribution in [0.15, 0.2) is 35.5 Å². The Kier molecular flexibility index (Phi) is 10.7. The molecule has 0 aliphatic carbocycles. The van der Waals surface area contributed by atoms with Gasteiger partial charge in [0.05, 0.1) is 12.7 Å². The average molecular weight is 340 g/mol. The molecule has 4 N–H and O–H groups in total. The highest BCUT2D eigenvalue weighted by atomic mass is 16.4. The lowest BCUT2D eigenvalue weighted by atomic mass is 9.97. The van der Waals surface area contributed by atoms with Gasteiger partial charge in [-0.2, -0.15) is 0 Å². The van der Waals surface area contributed by atoms with Crippen LogP contribution in [0.2, 0.25) is 0 Å². The maximum atomic E-state index is 10.8. The first-order valence-electron chi connectivity index (χ1n) is 7.94. The van der Waals surface area contributed by atoms with Crippen LogP contribution in [0.4, 0.5) is 0 Å². The number of allylic oxidation sites excluding steroid dienone is 5. The van der Waals surface area contributed by atoms with Crippen molar-refractivity contribution in [3.63, 3.8) is 0 Å². The third kappa shape index (κ3) is 9.97. The van der Waals surface area contributed by atoms with E-state index in [-0.39, 0.29) is 12.3 Å². The zero-order chi connectivity index (χ0) is 18.7. The molecule has 0 radical (unpaired) electrons. The van der Waals surface area contributed by atoms with Crippen molar-refractivity contribution < 1.29 is 30.0 Å². The molecule has 0 bridgehead atoms. The topological polar surface area (TPSA) is 115 Å². The molecular weight excluding hydrogens is 312 g/mol. The molecule has 6 heteroatoms. The molecule has 6 nitrogen and oxygen atoms in total. The van der Waals surface area contributed by atoms with Crippen LogP contribution < -0.4 is 0 Å². The van der Waals surface area contributed by atoms with Crippen molar-refractivity contribution in [2.45, 2.75) is 46.1 Å². The van der Waals surface area contributed by atoms with Crippen molar-refractivity contribution in [3.8, 4) is 0 Å². The molecule has 0 saturated heterocycles. The summed E-state index contributed by atoms with van der Waals surface area (Å²) in [5.41, 5.74) is 1.75. The fraction of sp³-hybridized carbons (Fsp3) is 0.556. The summed E-state index contributed by atoms with van der Waals surface area (Å²) >= 11 is 0. The van der Waals surface area contributed by atoms with Gasteiger partial charge in [0.1, 0.15) is 5.92 Å². The monoisotopic (exact) mass is 340 g/mol. The molecular formula is C18H28O6. The molecule has 0 aliphatic rings. The first-order chi connectivity index (χ1) is 11.2. The molecule has 0 aromatic carbocycles. The molecule has 24 heavy (non-hydrogen) atoms. The van der Waals surface area contributed by atoms with Gasteiger partial charge in [0.25, 0.3) is 0 Å². The highest BCUT2D eigenvalue weighted by Crippen LogP contribution is 2.16. The Hall–Kier alpha value is -1.92. The second-order valence-corrected chi connectivity index (χ2v) is 6.10. The lowest BCUT2D eigenvalue weighted by Crippen LogP contribution is -2.31. The van der Waals surface area contributed by atoms with Gasteiger partial charge in [0.15, 0.2) is 0 Å². The second-order valence-electron chi connectivity index (χ2n) is 6.10. The highest BCUT2D eigenvalue weighted by Gasteiger charge is 2.24. The summed E-state index contributed by atoms with van der Waals surface area (Å²) in [5.74, 6) is -3.08. The molecule has 0 spiro atoms. The zero-order valence-corrected chi connectivity index (χ0v) is 14.5. The maximum absolute atomic E-state index is 10.8. The number of hydrogen-bond donors (Lipinski definition) is 4. The minimum absolute atomic E-state index is 0.240. The van der Waals surface area contributed by atoms with Crippen LogP contribution in [0, 0.1) is 11.8 Å². The molecule has 0 saturated carbocycles. The smallest absolute Gasteiger partial charge is 0.328 e. The normalized spacial score (nSPS) is 16.9. The van der Waals surface area contributed by atoms with Crippen molar-refractivity contribution in [1.82, 2.24) is 0 Å². The summed E-state index contributed by atoms with van der Waals surface area (Å²) < 4.78 is 0. The molecule has 0 aromatic rings. The summed E-state index contributed by atoms with van der Waals surface area (Å²) in [6.45, 7) is 5.11. The highest BCUT2D eigenvalue weighted by molar-refractivity contribution is 5.81. The zero-order valence-electron chi connectivity index (χ0n) is 14.5. The first-order valence-corrected chi connectivity index (χ1v) is 7.94. The van der Waals surface area contributed by atoms with Gasteiger partial charge in [-0.25, -0.2) is 4.79 Å². The van der Waals surface area contributed by atoms with E-state index in [9.17, 15) is 14.7 Å². The van der Waals surface area contributed by atoms with Crippen LogP contribution in [0.25, 0.3) is 0 Å². The molecule has 136 valence electrons. The molecule has 0 heterocycles. The third-order valence-corrected chi connectivity index (χ3v) is 3.54. The Labute approximate surface area is 142 Å². The number of aliphatic hydroxyl groups is 2. The number of rotatable bonds is 11. The molecule has 0 aliphatic heterocycles. The second kappa shape index (κ2) is 11.6. The first kappa shape index (κ1) is 22.1. The van der Waals surface area contributed by atoms with E-state index in [0.717, 1.165) is 18.1 Å². The van der Waals surface area contributed by atoms with E-state index >= 15 is 0 Å². The van der Waals surface area contributed by atoms with Crippen molar-refractivity contribution >= 4 is 11.9 Å². The van der Waals surface area contributed by atoms with Gasteiger partial charge in [-0.05, 0) is 44.6 Å². The minimum atomic E-state index is -1.20. The van der Waals surface area contributed by atoms with Gasteiger partial charge in [0.2, 0.25) is 0 Å². The van der Waals surface area contributed by atoms with Crippen LogP contribution in [-0.2, 0) is 9.59 Å². The minimum Gasteiger partial charge on any atom is -0.481 e. The van der Waals surface area contributed by atoms with Crippen LogP contribution in [0.3, 0.4) is 0 Å². The van der Waals surface area contributed by atoms with E-state index in [2.05, 4.69) is 0 Å². The fourth-order valence-electron chi connectivity index (χ4n) is 2.42. The summed E-state index contributed by atoms with van der Waals surface area (Å²) in [6, 6.07) is 0. The van der Waals surface area contributed by atoms with Crippen molar-refractivity contribution in [3.05, 3.63) is 35.5 Å². The average Bonchev–Trinajstić information content (AvgIpc) is 2.42. The summed E-state index contributed by atoms with van der Waals surface area (Å²) in [7, 11) is 0. The molecule has 3 atom stereocenters. The Bertz CT molecular complexity index is 504. The summed E-state index contributed by atoms with van der Waals surface area (Å²) in [4.78, 5) is 21.4. The van der Waals surface area contributed by atoms with Gasteiger partial charge in [-0.15, -0.1) is 0 Å². The number of aliphatic carboxylic acids is 2. The van der Waals surface area contributed by atoms with Crippen molar-refractivity contribution in [2.75, 3.05) is 6.61 Å². The van der Waals surface area contributed by atoms with E-state index in [1.54, 1.807) is 6.92 Å². The number of aliphatic hydroxyl groups excluding tert-OH is 2. The standard InChI is InChI=1S/C18H28O6/c1-12(8-13(2)9-14(3)10-17(21)22)6-4-5-7-16(20)15(11-19)18(23)24/h4,6,9-10,12,15-16,19-20H,5,7-8,11H2,1-3H3,(H,21,22)(H,23,24)/b6-4+,13-9+,14-10+/t12-,15+,16+/m1/s1. The van der Waals surface area contributed by atoms with E-state index in [1.165, 1.54) is 0 Å². The number of carboxylic acid groups (broad SMARTS) is 2.